The summed E-state index contributed by atoms with van der Waals surface area (Å²) in [6, 6.07) is 9.84. The third kappa shape index (κ3) is 6.12. The van der Waals surface area contributed by atoms with Gasteiger partial charge in [0.05, 0.1) is 52.8 Å². The van der Waals surface area contributed by atoms with Crippen LogP contribution in [0.5, 0.6) is 23.0 Å². The van der Waals surface area contributed by atoms with Gasteiger partial charge in [-0.3, -0.25) is 0 Å². The first-order valence-corrected chi connectivity index (χ1v) is 11.3. The molecule has 0 spiro atoms. The molecule has 2 aromatic carbocycles. The van der Waals surface area contributed by atoms with Crippen LogP contribution in [0.25, 0.3) is 0 Å². The number of carbonyl (C=O) groups is 2. The van der Waals surface area contributed by atoms with Crippen LogP contribution in [0.3, 0.4) is 0 Å². The Balaban J connectivity index is 1.57. The SMILES string of the molecule is COc1ccc(C(=O)OCC2CCCCC2COC(=O)c2ccc(OC)c(OC)c2)cc1OC. The Kier molecular flexibility index (Phi) is 9.01. The van der Waals surface area contributed by atoms with Crippen molar-refractivity contribution >= 4 is 11.9 Å². The summed E-state index contributed by atoms with van der Waals surface area (Å²) in [7, 11) is 6.11. The summed E-state index contributed by atoms with van der Waals surface area (Å²) >= 11 is 0. The molecular formula is C26H32O8. The molecule has 0 heterocycles. The normalized spacial score (nSPS) is 17.4. The number of rotatable bonds is 10. The van der Waals surface area contributed by atoms with Gasteiger partial charge in [0.15, 0.2) is 23.0 Å². The zero-order valence-corrected chi connectivity index (χ0v) is 20.1. The van der Waals surface area contributed by atoms with Gasteiger partial charge in [-0.1, -0.05) is 12.8 Å². The smallest absolute Gasteiger partial charge is 0.338 e. The van der Waals surface area contributed by atoms with Gasteiger partial charge in [-0.2, -0.15) is 0 Å². The zero-order chi connectivity index (χ0) is 24.5. The van der Waals surface area contributed by atoms with E-state index in [-0.39, 0.29) is 25.0 Å². The number of hydrogen-bond acceptors (Lipinski definition) is 8. The number of carbonyl (C=O) groups excluding carboxylic acids is 2. The number of benzene rings is 2. The van der Waals surface area contributed by atoms with E-state index in [1.54, 1.807) is 36.4 Å². The summed E-state index contributed by atoms with van der Waals surface area (Å²) < 4.78 is 32.2. The fraction of sp³-hybridized carbons (Fsp3) is 0.462. The molecule has 2 aromatic rings. The lowest BCUT2D eigenvalue weighted by atomic mass is 9.80. The molecule has 0 radical (unpaired) electrons. The van der Waals surface area contributed by atoms with E-state index in [4.69, 9.17) is 28.4 Å². The summed E-state index contributed by atoms with van der Waals surface area (Å²) in [5.41, 5.74) is 0.787. The third-order valence-corrected chi connectivity index (χ3v) is 6.16. The second-order valence-corrected chi connectivity index (χ2v) is 8.14. The van der Waals surface area contributed by atoms with Crippen molar-refractivity contribution in [2.75, 3.05) is 41.7 Å². The highest BCUT2D eigenvalue weighted by atomic mass is 16.5. The predicted octanol–water partition coefficient (Wildman–Crippen LogP) is 4.54. The first kappa shape index (κ1) is 25.2. The van der Waals surface area contributed by atoms with Crippen LogP contribution in [0, 0.1) is 11.8 Å². The Labute approximate surface area is 200 Å². The molecule has 8 nitrogen and oxygen atoms in total. The maximum absolute atomic E-state index is 12.6. The van der Waals surface area contributed by atoms with Crippen LogP contribution in [0.2, 0.25) is 0 Å². The summed E-state index contributed by atoms with van der Waals surface area (Å²) in [4.78, 5) is 25.2. The monoisotopic (exact) mass is 472 g/mol. The number of ether oxygens (including phenoxy) is 6. The van der Waals surface area contributed by atoms with Gasteiger partial charge >= 0.3 is 11.9 Å². The average molecular weight is 473 g/mol. The molecule has 2 atom stereocenters. The average Bonchev–Trinajstić information content (AvgIpc) is 2.89. The van der Waals surface area contributed by atoms with E-state index in [0.717, 1.165) is 25.7 Å². The summed E-state index contributed by atoms with van der Waals surface area (Å²) in [5, 5.41) is 0. The Hall–Kier alpha value is -3.42. The molecule has 34 heavy (non-hydrogen) atoms. The molecule has 2 unspecified atom stereocenters. The van der Waals surface area contributed by atoms with Crippen molar-refractivity contribution in [3.8, 4) is 23.0 Å². The number of hydrogen-bond donors (Lipinski definition) is 0. The van der Waals surface area contributed by atoms with Gasteiger partial charge in [0, 0.05) is 0 Å². The van der Waals surface area contributed by atoms with Crippen molar-refractivity contribution in [3.05, 3.63) is 47.5 Å². The minimum atomic E-state index is -0.424. The van der Waals surface area contributed by atoms with E-state index in [1.165, 1.54) is 28.4 Å². The molecule has 3 rings (SSSR count). The molecule has 184 valence electrons. The van der Waals surface area contributed by atoms with Crippen LogP contribution in [-0.2, 0) is 9.47 Å². The van der Waals surface area contributed by atoms with Crippen LogP contribution in [0.4, 0.5) is 0 Å². The molecule has 1 saturated carbocycles. The molecule has 0 N–H and O–H groups in total. The van der Waals surface area contributed by atoms with Crippen molar-refractivity contribution in [2.24, 2.45) is 11.8 Å². The molecule has 1 aliphatic carbocycles. The first-order valence-electron chi connectivity index (χ1n) is 11.3. The van der Waals surface area contributed by atoms with Gasteiger partial charge in [-0.25, -0.2) is 9.59 Å². The van der Waals surface area contributed by atoms with Gasteiger partial charge < -0.3 is 28.4 Å². The lowest BCUT2D eigenvalue weighted by Crippen LogP contribution is -2.29. The highest BCUT2D eigenvalue weighted by Gasteiger charge is 2.28. The Morgan fingerprint density at radius 1 is 0.647 bits per heavy atom. The molecule has 0 aromatic heterocycles. The molecule has 0 saturated heterocycles. The predicted molar refractivity (Wildman–Crippen MR) is 125 cm³/mol. The fourth-order valence-corrected chi connectivity index (χ4v) is 4.18. The van der Waals surface area contributed by atoms with Gasteiger partial charge in [-0.05, 0) is 61.1 Å². The Morgan fingerprint density at radius 3 is 1.38 bits per heavy atom. The highest BCUT2D eigenvalue weighted by molar-refractivity contribution is 5.90. The molecule has 0 amide bonds. The summed E-state index contributed by atoms with van der Waals surface area (Å²) in [6.45, 7) is 0.539. The lowest BCUT2D eigenvalue weighted by Gasteiger charge is -2.30. The van der Waals surface area contributed by atoms with Crippen molar-refractivity contribution in [1.29, 1.82) is 0 Å². The van der Waals surface area contributed by atoms with Crippen molar-refractivity contribution in [1.82, 2.24) is 0 Å². The largest absolute Gasteiger partial charge is 0.493 e. The van der Waals surface area contributed by atoms with Crippen molar-refractivity contribution in [2.45, 2.75) is 25.7 Å². The minimum Gasteiger partial charge on any atom is -0.493 e. The second-order valence-electron chi connectivity index (χ2n) is 8.14. The van der Waals surface area contributed by atoms with E-state index < -0.39 is 11.9 Å². The minimum absolute atomic E-state index is 0.121. The maximum atomic E-state index is 12.6. The third-order valence-electron chi connectivity index (χ3n) is 6.16. The molecular weight excluding hydrogens is 440 g/mol. The van der Waals surface area contributed by atoms with E-state index >= 15 is 0 Å². The number of esters is 2. The van der Waals surface area contributed by atoms with Crippen LogP contribution in [0.15, 0.2) is 36.4 Å². The second kappa shape index (κ2) is 12.2. The molecule has 1 fully saturated rings. The molecule has 0 bridgehead atoms. The van der Waals surface area contributed by atoms with Crippen LogP contribution in [-0.4, -0.2) is 53.6 Å². The maximum Gasteiger partial charge on any atom is 0.338 e. The standard InChI is InChI=1S/C26H32O8/c1-29-21-11-9-17(13-23(21)31-3)25(27)33-15-19-7-5-6-8-20(19)16-34-26(28)18-10-12-22(30-2)24(14-18)32-4/h9-14,19-20H,5-8,15-16H2,1-4H3. The van der Waals surface area contributed by atoms with Crippen LogP contribution < -0.4 is 18.9 Å². The van der Waals surface area contributed by atoms with Gasteiger partial charge in [0.2, 0.25) is 0 Å². The van der Waals surface area contributed by atoms with E-state index in [0.29, 0.717) is 34.1 Å². The van der Waals surface area contributed by atoms with Gasteiger partial charge in [-0.15, -0.1) is 0 Å². The lowest BCUT2D eigenvalue weighted by molar-refractivity contribution is 0.0139. The van der Waals surface area contributed by atoms with Crippen molar-refractivity contribution < 1.29 is 38.0 Å². The summed E-state index contributed by atoms with van der Waals surface area (Å²) in [6.07, 6.45) is 3.94. The fourth-order valence-electron chi connectivity index (χ4n) is 4.18. The Morgan fingerprint density at radius 2 is 1.03 bits per heavy atom. The number of methoxy groups -OCH3 is 4. The van der Waals surface area contributed by atoms with E-state index in [9.17, 15) is 9.59 Å². The van der Waals surface area contributed by atoms with Gasteiger partial charge in [0.1, 0.15) is 0 Å². The van der Waals surface area contributed by atoms with Gasteiger partial charge in [0.25, 0.3) is 0 Å². The Bertz CT molecular complexity index is 907. The molecule has 8 heteroatoms. The van der Waals surface area contributed by atoms with E-state index in [2.05, 4.69) is 0 Å². The zero-order valence-electron chi connectivity index (χ0n) is 20.1. The van der Waals surface area contributed by atoms with Crippen molar-refractivity contribution in [3.63, 3.8) is 0 Å². The van der Waals surface area contributed by atoms with E-state index in [1.807, 2.05) is 0 Å². The van der Waals surface area contributed by atoms with Crippen LogP contribution in [0.1, 0.15) is 46.4 Å². The topological polar surface area (TPSA) is 89.5 Å². The first-order chi connectivity index (χ1) is 16.5. The quantitative estimate of drug-likeness (QED) is 0.466. The van der Waals surface area contributed by atoms with Crippen LogP contribution >= 0.6 is 0 Å². The molecule has 1 aliphatic rings. The summed E-state index contributed by atoms with van der Waals surface area (Å²) in [5.74, 6) is 1.42. The molecule has 0 aliphatic heterocycles. The highest BCUT2D eigenvalue weighted by Crippen LogP contribution is 2.32.